The van der Waals surface area contributed by atoms with E-state index in [0.29, 0.717) is 6.04 Å². The van der Waals surface area contributed by atoms with E-state index in [4.69, 9.17) is 4.74 Å². The predicted octanol–water partition coefficient (Wildman–Crippen LogP) is 1.16. The van der Waals surface area contributed by atoms with Gasteiger partial charge >= 0.3 is 0 Å². The highest BCUT2D eigenvalue weighted by atomic mass is 16.5. The van der Waals surface area contributed by atoms with Crippen molar-refractivity contribution in [2.24, 2.45) is 5.41 Å². The molecule has 0 aliphatic carbocycles. The van der Waals surface area contributed by atoms with Gasteiger partial charge in [-0.2, -0.15) is 0 Å². The van der Waals surface area contributed by atoms with E-state index in [2.05, 4.69) is 19.2 Å². The van der Waals surface area contributed by atoms with Gasteiger partial charge in [0.15, 0.2) is 0 Å². The zero-order valence-corrected chi connectivity index (χ0v) is 9.55. The van der Waals surface area contributed by atoms with Crippen molar-refractivity contribution in [3.63, 3.8) is 0 Å². The number of hydrogen-bond acceptors (Lipinski definition) is 3. The molecule has 14 heavy (non-hydrogen) atoms. The average molecular weight is 201 g/mol. The van der Waals surface area contributed by atoms with Crippen molar-refractivity contribution in [2.75, 3.05) is 19.8 Å². The van der Waals surface area contributed by atoms with Crippen molar-refractivity contribution < 1.29 is 9.84 Å². The molecule has 3 nitrogen and oxygen atoms in total. The van der Waals surface area contributed by atoms with Crippen LogP contribution in [0.3, 0.4) is 0 Å². The second kappa shape index (κ2) is 5.10. The lowest BCUT2D eigenvalue weighted by Crippen LogP contribution is -2.38. The normalized spacial score (nSPS) is 25.3. The maximum absolute atomic E-state index is 9.33. The Balaban J connectivity index is 2.20. The predicted molar refractivity (Wildman–Crippen MR) is 57.3 cm³/mol. The van der Waals surface area contributed by atoms with Gasteiger partial charge in [0.25, 0.3) is 0 Å². The van der Waals surface area contributed by atoms with Crippen LogP contribution in [0.1, 0.15) is 33.6 Å². The molecule has 84 valence electrons. The van der Waals surface area contributed by atoms with Crippen molar-refractivity contribution in [2.45, 2.75) is 45.8 Å². The van der Waals surface area contributed by atoms with E-state index in [9.17, 15) is 5.11 Å². The molecule has 3 heteroatoms. The first-order chi connectivity index (χ1) is 6.49. The molecule has 1 fully saturated rings. The van der Waals surface area contributed by atoms with Gasteiger partial charge in [-0.1, -0.05) is 13.8 Å². The highest BCUT2D eigenvalue weighted by Crippen LogP contribution is 2.21. The lowest BCUT2D eigenvalue weighted by molar-refractivity contribution is 0.125. The molecule has 1 saturated heterocycles. The molecule has 0 aromatic carbocycles. The first kappa shape index (κ1) is 12.0. The van der Waals surface area contributed by atoms with Crippen LogP contribution in [0.5, 0.6) is 0 Å². The first-order valence-corrected chi connectivity index (χ1v) is 5.49. The van der Waals surface area contributed by atoms with E-state index in [1.54, 1.807) is 0 Å². The molecule has 2 unspecified atom stereocenters. The maximum Gasteiger partial charge on any atom is 0.0620 e. The van der Waals surface area contributed by atoms with Gasteiger partial charge in [0.05, 0.1) is 12.7 Å². The molecule has 0 amide bonds. The number of nitrogens with one attached hydrogen (secondary N) is 1. The molecular formula is C11H23NO2. The van der Waals surface area contributed by atoms with Crippen LogP contribution in [0.25, 0.3) is 0 Å². The van der Waals surface area contributed by atoms with Gasteiger partial charge < -0.3 is 15.2 Å². The number of aliphatic hydroxyl groups is 1. The van der Waals surface area contributed by atoms with Crippen LogP contribution >= 0.6 is 0 Å². The Bertz CT molecular complexity index is 163. The quantitative estimate of drug-likeness (QED) is 0.701. The Morgan fingerprint density at radius 2 is 2.29 bits per heavy atom. The minimum atomic E-state index is -0.216. The Hall–Kier alpha value is -0.120. The number of ether oxygens (including phenoxy) is 1. The Morgan fingerprint density at radius 3 is 2.79 bits per heavy atom. The molecule has 2 atom stereocenters. The van der Waals surface area contributed by atoms with E-state index in [1.807, 2.05) is 6.92 Å². The number of rotatable bonds is 5. The smallest absolute Gasteiger partial charge is 0.0620 e. The molecule has 0 spiro atoms. The average Bonchev–Trinajstić information content (AvgIpc) is 2.50. The van der Waals surface area contributed by atoms with Crippen LogP contribution < -0.4 is 5.32 Å². The van der Waals surface area contributed by atoms with Gasteiger partial charge in [-0.15, -0.1) is 0 Å². The van der Waals surface area contributed by atoms with Gasteiger partial charge in [0, 0.05) is 19.2 Å². The second-order valence-corrected chi connectivity index (χ2v) is 5.16. The summed E-state index contributed by atoms with van der Waals surface area (Å²) in [7, 11) is 0. The zero-order valence-electron chi connectivity index (χ0n) is 9.55. The summed E-state index contributed by atoms with van der Waals surface area (Å²) in [6, 6.07) is 0.517. The summed E-state index contributed by atoms with van der Waals surface area (Å²) in [5, 5.41) is 12.8. The lowest BCUT2D eigenvalue weighted by Gasteiger charge is -2.28. The third kappa shape index (κ3) is 4.40. The third-order valence-corrected chi connectivity index (χ3v) is 2.65. The second-order valence-electron chi connectivity index (χ2n) is 5.16. The molecule has 0 radical (unpaired) electrons. The Labute approximate surface area is 86.8 Å². The van der Waals surface area contributed by atoms with Crippen molar-refractivity contribution in [1.82, 2.24) is 5.32 Å². The van der Waals surface area contributed by atoms with E-state index < -0.39 is 0 Å². The molecule has 0 aromatic heterocycles. The largest absolute Gasteiger partial charge is 0.393 e. The van der Waals surface area contributed by atoms with Crippen LogP contribution in [0.15, 0.2) is 0 Å². The van der Waals surface area contributed by atoms with Crippen LogP contribution in [-0.4, -0.2) is 37.0 Å². The lowest BCUT2D eigenvalue weighted by atomic mass is 9.87. The fourth-order valence-corrected chi connectivity index (χ4v) is 1.99. The van der Waals surface area contributed by atoms with E-state index in [-0.39, 0.29) is 11.5 Å². The minimum absolute atomic E-state index is 0.163. The highest BCUT2D eigenvalue weighted by Gasteiger charge is 2.23. The van der Waals surface area contributed by atoms with Crippen molar-refractivity contribution in [3.05, 3.63) is 0 Å². The fourth-order valence-electron chi connectivity index (χ4n) is 1.99. The SMILES string of the molecule is CC(O)CC(C)(C)CNC1CCOC1. The van der Waals surface area contributed by atoms with E-state index in [1.165, 1.54) is 0 Å². The maximum atomic E-state index is 9.33. The molecule has 1 aliphatic heterocycles. The Morgan fingerprint density at radius 1 is 1.57 bits per heavy atom. The standard InChI is InChI=1S/C11H23NO2/c1-9(13)6-11(2,3)8-12-10-4-5-14-7-10/h9-10,12-13H,4-8H2,1-3H3. The number of aliphatic hydroxyl groups excluding tert-OH is 1. The van der Waals surface area contributed by atoms with Gasteiger partial charge in [-0.05, 0) is 25.2 Å². The molecule has 0 bridgehead atoms. The van der Waals surface area contributed by atoms with Crippen LogP contribution in [0.2, 0.25) is 0 Å². The molecule has 0 saturated carbocycles. The van der Waals surface area contributed by atoms with E-state index in [0.717, 1.165) is 32.6 Å². The van der Waals surface area contributed by atoms with Crippen molar-refractivity contribution in [1.29, 1.82) is 0 Å². The summed E-state index contributed by atoms with van der Waals surface area (Å²) in [4.78, 5) is 0. The highest BCUT2D eigenvalue weighted by molar-refractivity contribution is 4.78. The molecule has 1 heterocycles. The third-order valence-electron chi connectivity index (χ3n) is 2.65. The topological polar surface area (TPSA) is 41.5 Å². The summed E-state index contributed by atoms with van der Waals surface area (Å²) < 4.78 is 5.29. The van der Waals surface area contributed by atoms with Crippen LogP contribution in [0, 0.1) is 5.41 Å². The van der Waals surface area contributed by atoms with Gasteiger partial charge in [-0.3, -0.25) is 0 Å². The monoisotopic (exact) mass is 201 g/mol. The van der Waals surface area contributed by atoms with Gasteiger partial charge in [0.1, 0.15) is 0 Å². The molecule has 0 aromatic rings. The summed E-state index contributed by atoms with van der Waals surface area (Å²) in [6.07, 6.45) is 1.74. The van der Waals surface area contributed by atoms with Gasteiger partial charge in [-0.25, -0.2) is 0 Å². The molecular weight excluding hydrogens is 178 g/mol. The van der Waals surface area contributed by atoms with Crippen LogP contribution in [0.4, 0.5) is 0 Å². The minimum Gasteiger partial charge on any atom is -0.393 e. The summed E-state index contributed by atoms with van der Waals surface area (Å²) in [5.41, 5.74) is 0.163. The fraction of sp³-hybridized carbons (Fsp3) is 1.00. The molecule has 1 aliphatic rings. The first-order valence-electron chi connectivity index (χ1n) is 5.49. The molecule has 1 rings (SSSR count). The zero-order chi connectivity index (χ0) is 10.6. The number of hydrogen-bond donors (Lipinski definition) is 2. The summed E-state index contributed by atoms with van der Waals surface area (Å²) >= 11 is 0. The van der Waals surface area contributed by atoms with Crippen molar-refractivity contribution >= 4 is 0 Å². The Kier molecular flexibility index (Phi) is 4.35. The molecule has 2 N–H and O–H groups in total. The van der Waals surface area contributed by atoms with Crippen LogP contribution in [-0.2, 0) is 4.74 Å². The van der Waals surface area contributed by atoms with Gasteiger partial charge in [0.2, 0.25) is 0 Å². The summed E-state index contributed by atoms with van der Waals surface area (Å²) in [6.45, 7) is 8.89. The summed E-state index contributed by atoms with van der Waals surface area (Å²) in [5.74, 6) is 0. The van der Waals surface area contributed by atoms with Crippen molar-refractivity contribution in [3.8, 4) is 0 Å². The van der Waals surface area contributed by atoms with E-state index >= 15 is 0 Å².